The summed E-state index contributed by atoms with van der Waals surface area (Å²) >= 11 is 7.62. The van der Waals surface area contributed by atoms with Crippen molar-refractivity contribution >= 4 is 22.9 Å². The van der Waals surface area contributed by atoms with E-state index in [2.05, 4.69) is 30.2 Å². The lowest BCUT2D eigenvalue weighted by atomic mass is 9.89. The van der Waals surface area contributed by atoms with Gasteiger partial charge in [-0.05, 0) is 36.3 Å². The van der Waals surface area contributed by atoms with E-state index in [1.807, 2.05) is 0 Å². The van der Waals surface area contributed by atoms with Crippen LogP contribution in [0.2, 0.25) is 4.34 Å². The molecule has 0 bridgehead atoms. The minimum absolute atomic E-state index is 0.384. The summed E-state index contributed by atoms with van der Waals surface area (Å²) in [4.78, 5) is 2.54. The van der Waals surface area contributed by atoms with Gasteiger partial charge in [-0.2, -0.15) is 0 Å². The zero-order valence-corrected chi connectivity index (χ0v) is 12.1. The van der Waals surface area contributed by atoms with Gasteiger partial charge in [0.25, 0.3) is 0 Å². The molecule has 3 atom stereocenters. The standard InChI is InChI=1S/C13H21ClN2S/c1-3-10-7-16(5-4-12(10)15)9(2)11-6-13(14)17-8-11/h6,8-10,12H,3-5,7,15H2,1-2H3. The molecule has 0 aliphatic carbocycles. The van der Waals surface area contributed by atoms with Crippen LogP contribution in [0.5, 0.6) is 0 Å². The van der Waals surface area contributed by atoms with E-state index in [-0.39, 0.29) is 0 Å². The number of thiophene rings is 1. The average molecular weight is 273 g/mol. The van der Waals surface area contributed by atoms with E-state index in [0.717, 1.165) is 23.8 Å². The van der Waals surface area contributed by atoms with Crippen LogP contribution in [0.4, 0.5) is 0 Å². The molecule has 1 aromatic rings. The van der Waals surface area contributed by atoms with Crippen molar-refractivity contribution in [3.63, 3.8) is 0 Å². The van der Waals surface area contributed by atoms with Gasteiger partial charge in [0, 0.05) is 25.2 Å². The molecule has 1 aliphatic heterocycles. The SMILES string of the molecule is CCC1CN(C(C)c2csc(Cl)c2)CCC1N. The number of nitrogens with zero attached hydrogens (tertiary/aromatic N) is 1. The summed E-state index contributed by atoms with van der Waals surface area (Å²) in [5, 5.41) is 2.17. The van der Waals surface area contributed by atoms with Crippen molar-refractivity contribution in [1.29, 1.82) is 0 Å². The molecule has 2 heterocycles. The van der Waals surface area contributed by atoms with E-state index >= 15 is 0 Å². The first-order chi connectivity index (χ1) is 8.11. The highest BCUT2D eigenvalue weighted by atomic mass is 35.5. The minimum Gasteiger partial charge on any atom is -0.327 e. The molecule has 2 rings (SSSR count). The number of hydrogen-bond acceptors (Lipinski definition) is 3. The third kappa shape index (κ3) is 3.02. The molecule has 96 valence electrons. The van der Waals surface area contributed by atoms with Gasteiger partial charge in [0.05, 0.1) is 4.34 Å². The van der Waals surface area contributed by atoms with Gasteiger partial charge in [0.2, 0.25) is 0 Å². The molecule has 1 aliphatic rings. The highest BCUT2D eigenvalue weighted by Gasteiger charge is 2.28. The van der Waals surface area contributed by atoms with Crippen LogP contribution in [0, 0.1) is 5.92 Å². The van der Waals surface area contributed by atoms with E-state index in [1.54, 1.807) is 11.3 Å². The predicted molar refractivity (Wildman–Crippen MR) is 75.7 cm³/mol. The zero-order valence-electron chi connectivity index (χ0n) is 10.5. The van der Waals surface area contributed by atoms with Crippen LogP contribution in [-0.2, 0) is 0 Å². The second kappa shape index (κ2) is 5.70. The fourth-order valence-electron chi connectivity index (χ4n) is 2.62. The number of likely N-dealkylation sites (tertiary alicyclic amines) is 1. The van der Waals surface area contributed by atoms with Gasteiger partial charge in [-0.15, -0.1) is 11.3 Å². The first-order valence-electron chi connectivity index (χ1n) is 6.35. The van der Waals surface area contributed by atoms with Crippen LogP contribution in [0.25, 0.3) is 0 Å². The molecule has 0 aromatic carbocycles. The van der Waals surface area contributed by atoms with Gasteiger partial charge in [-0.3, -0.25) is 4.90 Å². The Hall–Kier alpha value is -0.0900. The van der Waals surface area contributed by atoms with Crippen LogP contribution >= 0.6 is 22.9 Å². The Labute approximate surface area is 113 Å². The summed E-state index contributed by atoms with van der Waals surface area (Å²) < 4.78 is 0.882. The predicted octanol–water partition coefficient (Wildman–Crippen LogP) is 3.52. The van der Waals surface area contributed by atoms with Crippen molar-refractivity contribution in [2.45, 2.75) is 38.8 Å². The van der Waals surface area contributed by atoms with E-state index in [0.29, 0.717) is 18.0 Å². The Morgan fingerprint density at radius 3 is 3.00 bits per heavy atom. The monoisotopic (exact) mass is 272 g/mol. The van der Waals surface area contributed by atoms with Crippen LogP contribution in [0.1, 0.15) is 38.3 Å². The Bertz CT molecular complexity index is 366. The lowest BCUT2D eigenvalue weighted by molar-refractivity contribution is 0.114. The van der Waals surface area contributed by atoms with Crippen molar-refractivity contribution < 1.29 is 0 Å². The molecule has 4 heteroatoms. The molecule has 0 radical (unpaired) electrons. The van der Waals surface area contributed by atoms with Gasteiger partial charge in [-0.25, -0.2) is 0 Å². The van der Waals surface area contributed by atoms with Gasteiger partial charge in [0.15, 0.2) is 0 Å². The second-order valence-electron chi connectivity index (χ2n) is 4.98. The summed E-state index contributed by atoms with van der Waals surface area (Å²) in [7, 11) is 0. The smallest absolute Gasteiger partial charge is 0.0931 e. The molecular weight excluding hydrogens is 252 g/mol. The van der Waals surface area contributed by atoms with Gasteiger partial charge < -0.3 is 5.73 Å². The average Bonchev–Trinajstić information content (AvgIpc) is 2.75. The number of nitrogens with two attached hydrogens (primary N) is 1. The molecule has 1 saturated heterocycles. The fraction of sp³-hybridized carbons (Fsp3) is 0.692. The van der Waals surface area contributed by atoms with Gasteiger partial charge in [0.1, 0.15) is 0 Å². The highest BCUT2D eigenvalue weighted by molar-refractivity contribution is 7.14. The maximum Gasteiger partial charge on any atom is 0.0931 e. The van der Waals surface area contributed by atoms with Crippen LogP contribution in [0.3, 0.4) is 0 Å². The lowest BCUT2D eigenvalue weighted by Crippen LogP contribution is -2.47. The third-order valence-corrected chi connectivity index (χ3v) is 5.08. The van der Waals surface area contributed by atoms with E-state index < -0.39 is 0 Å². The molecule has 2 N–H and O–H groups in total. The summed E-state index contributed by atoms with van der Waals surface area (Å²) in [6.45, 7) is 6.72. The van der Waals surface area contributed by atoms with Crippen molar-refractivity contribution in [1.82, 2.24) is 4.90 Å². The number of halogens is 1. The molecule has 0 amide bonds. The topological polar surface area (TPSA) is 29.3 Å². The summed E-state index contributed by atoms with van der Waals surface area (Å²) in [6, 6.07) is 2.93. The van der Waals surface area contributed by atoms with Crippen LogP contribution in [0.15, 0.2) is 11.4 Å². The molecule has 17 heavy (non-hydrogen) atoms. The number of rotatable bonds is 3. The summed E-state index contributed by atoms with van der Waals surface area (Å²) in [6.07, 6.45) is 2.29. The molecule has 1 fully saturated rings. The Kier molecular flexibility index (Phi) is 4.47. The largest absolute Gasteiger partial charge is 0.327 e. The van der Waals surface area contributed by atoms with Crippen LogP contribution in [-0.4, -0.2) is 24.0 Å². The van der Waals surface area contributed by atoms with Crippen molar-refractivity contribution in [2.75, 3.05) is 13.1 Å². The van der Waals surface area contributed by atoms with E-state index in [4.69, 9.17) is 17.3 Å². The first kappa shape index (κ1) is 13.3. The molecule has 3 unspecified atom stereocenters. The fourth-order valence-corrected chi connectivity index (χ4v) is 3.59. The molecule has 0 saturated carbocycles. The van der Waals surface area contributed by atoms with E-state index in [9.17, 15) is 0 Å². The van der Waals surface area contributed by atoms with Crippen LogP contribution < -0.4 is 5.73 Å². The number of piperidine rings is 1. The van der Waals surface area contributed by atoms with Crippen molar-refractivity contribution in [2.24, 2.45) is 11.7 Å². The maximum absolute atomic E-state index is 6.15. The first-order valence-corrected chi connectivity index (χ1v) is 7.61. The summed E-state index contributed by atoms with van der Waals surface area (Å²) in [5.74, 6) is 0.639. The second-order valence-corrected chi connectivity index (χ2v) is 6.52. The van der Waals surface area contributed by atoms with E-state index in [1.165, 1.54) is 12.0 Å². The molecule has 2 nitrogen and oxygen atoms in total. The highest BCUT2D eigenvalue weighted by Crippen LogP contribution is 2.31. The summed E-state index contributed by atoms with van der Waals surface area (Å²) in [5.41, 5.74) is 7.49. The van der Waals surface area contributed by atoms with Gasteiger partial charge in [-0.1, -0.05) is 24.9 Å². The normalized spacial score (nSPS) is 28.2. The molecule has 0 spiro atoms. The molecular formula is C13H21ClN2S. The minimum atomic E-state index is 0.384. The zero-order chi connectivity index (χ0) is 12.4. The quantitative estimate of drug-likeness (QED) is 0.912. The van der Waals surface area contributed by atoms with Crippen molar-refractivity contribution in [3.8, 4) is 0 Å². The van der Waals surface area contributed by atoms with Crippen molar-refractivity contribution in [3.05, 3.63) is 21.3 Å². The maximum atomic E-state index is 6.15. The Morgan fingerprint density at radius 2 is 2.41 bits per heavy atom. The number of hydrogen-bond donors (Lipinski definition) is 1. The van der Waals surface area contributed by atoms with Gasteiger partial charge >= 0.3 is 0 Å². The Morgan fingerprint density at radius 1 is 1.65 bits per heavy atom. The molecule has 1 aromatic heterocycles. The third-order valence-electron chi connectivity index (χ3n) is 3.97. The Balaban J connectivity index is 2.03. The lowest BCUT2D eigenvalue weighted by Gasteiger charge is -2.39.